The van der Waals surface area contributed by atoms with Crippen molar-refractivity contribution in [3.63, 3.8) is 0 Å². The van der Waals surface area contributed by atoms with Crippen LogP contribution in [0.15, 0.2) is 24.3 Å². The number of carbonyl (C=O) groups is 1. The largest absolute Gasteiger partial charge is 0.368 e. The maximum absolute atomic E-state index is 13.5. The lowest BCUT2D eigenvalue weighted by molar-refractivity contribution is -0.135. The van der Waals surface area contributed by atoms with Crippen LogP contribution in [0.25, 0.3) is 0 Å². The van der Waals surface area contributed by atoms with Gasteiger partial charge in [0.1, 0.15) is 11.9 Å². The lowest BCUT2D eigenvalue weighted by atomic mass is 10.0. The van der Waals surface area contributed by atoms with Gasteiger partial charge in [0.15, 0.2) is 5.78 Å². The van der Waals surface area contributed by atoms with Crippen molar-refractivity contribution in [2.45, 2.75) is 25.9 Å². The van der Waals surface area contributed by atoms with Gasteiger partial charge in [-0.15, -0.1) is 0 Å². The van der Waals surface area contributed by atoms with E-state index in [-0.39, 0.29) is 18.0 Å². The first kappa shape index (κ1) is 14.2. The molecule has 104 valence electrons. The Morgan fingerprint density at radius 1 is 1.47 bits per heavy atom. The lowest BCUT2D eigenvalue weighted by Crippen LogP contribution is -2.46. The van der Waals surface area contributed by atoms with Gasteiger partial charge in [0.25, 0.3) is 0 Å². The first-order chi connectivity index (χ1) is 9.20. The van der Waals surface area contributed by atoms with E-state index in [2.05, 4.69) is 11.8 Å². The van der Waals surface area contributed by atoms with Crippen LogP contribution in [0.1, 0.15) is 18.9 Å². The highest BCUT2D eigenvalue weighted by Crippen LogP contribution is 2.12. The topological polar surface area (TPSA) is 29.5 Å². The summed E-state index contributed by atoms with van der Waals surface area (Å²) in [5.74, 6) is -0.358. The Bertz CT molecular complexity index is 434. The third kappa shape index (κ3) is 3.85. The number of nitrogens with zero attached hydrogens (tertiary/aromatic N) is 1. The molecule has 0 radical (unpaired) electrons. The predicted molar refractivity (Wildman–Crippen MR) is 71.6 cm³/mol. The first-order valence-corrected chi connectivity index (χ1v) is 6.80. The molecule has 0 N–H and O–H groups in total. The van der Waals surface area contributed by atoms with Crippen LogP contribution in [0.5, 0.6) is 0 Å². The number of carbonyl (C=O) groups excluding carboxylic acids is 1. The molecule has 3 nitrogen and oxygen atoms in total. The molecule has 1 aromatic rings. The Hall–Kier alpha value is -1.26. The number of rotatable bonds is 5. The normalized spacial score (nSPS) is 20.4. The molecule has 0 amide bonds. The third-order valence-electron chi connectivity index (χ3n) is 3.37. The van der Waals surface area contributed by atoms with Gasteiger partial charge < -0.3 is 4.74 Å². The summed E-state index contributed by atoms with van der Waals surface area (Å²) in [5, 5.41) is 0. The molecule has 1 aliphatic heterocycles. The second kappa shape index (κ2) is 6.78. The highest BCUT2D eigenvalue weighted by molar-refractivity contribution is 5.85. The van der Waals surface area contributed by atoms with E-state index in [1.54, 1.807) is 18.2 Å². The van der Waals surface area contributed by atoms with Gasteiger partial charge in [0.05, 0.1) is 6.61 Å². The molecule has 1 fully saturated rings. The Morgan fingerprint density at radius 2 is 2.26 bits per heavy atom. The van der Waals surface area contributed by atoms with Crippen LogP contribution in [0, 0.1) is 5.82 Å². The van der Waals surface area contributed by atoms with Gasteiger partial charge in [-0.1, -0.05) is 25.1 Å². The Balaban J connectivity index is 1.94. The van der Waals surface area contributed by atoms with Crippen LogP contribution >= 0.6 is 0 Å². The zero-order valence-corrected chi connectivity index (χ0v) is 11.3. The van der Waals surface area contributed by atoms with Crippen LogP contribution in [-0.4, -0.2) is 43.0 Å². The fourth-order valence-corrected chi connectivity index (χ4v) is 2.36. The van der Waals surface area contributed by atoms with Gasteiger partial charge in [0, 0.05) is 19.5 Å². The van der Waals surface area contributed by atoms with Crippen LogP contribution in [0.2, 0.25) is 0 Å². The fraction of sp³-hybridized carbons (Fsp3) is 0.533. The average molecular weight is 265 g/mol. The molecule has 0 aromatic heterocycles. The van der Waals surface area contributed by atoms with Gasteiger partial charge in [-0.2, -0.15) is 0 Å². The third-order valence-corrected chi connectivity index (χ3v) is 3.37. The van der Waals surface area contributed by atoms with Crippen LogP contribution < -0.4 is 0 Å². The molecule has 1 saturated heterocycles. The van der Waals surface area contributed by atoms with Crippen LogP contribution in [-0.2, 0) is 16.0 Å². The maximum atomic E-state index is 13.5. The zero-order chi connectivity index (χ0) is 13.7. The van der Waals surface area contributed by atoms with Gasteiger partial charge in [-0.3, -0.25) is 9.69 Å². The summed E-state index contributed by atoms with van der Waals surface area (Å²) in [4.78, 5) is 14.4. The Labute approximate surface area is 113 Å². The van der Waals surface area contributed by atoms with Crippen molar-refractivity contribution >= 4 is 5.78 Å². The van der Waals surface area contributed by atoms with E-state index in [0.29, 0.717) is 18.7 Å². The highest BCUT2D eigenvalue weighted by Gasteiger charge is 2.26. The number of morpholine rings is 1. The van der Waals surface area contributed by atoms with Crippen molar-refractivity contribution in [2.24, 2.45) is 0 Å². The summed E-state index contributed by atoms with van der Waals surface area (Å²) < 4.78 is 19.0. The van der Waals surface area contributed by atoms with E-state index in [9.17, 15) is 9.18 Å². The lowest BCUT2D eigenvalue weighted by Gasteiger charge is -2.31. The molecule has 0 aliphatic carbocycles. The van der Waals surface area contributed by atoms with Crippen molar-refractivity contribution in [1.29, 1.82) is 0 Å². The summed E-state index contributed by atoms with van der Waals surface area (Å²) in [6, 6.07) is 6.41. The predicted octanol–water partition coefficient (Wildman–Crippen LogP) is 2.05. The number of ether oxygens (including phenoxy) is 1. The molecule has 0 spiro atoms. The van der Waals surface area contributed by atoms with E-state index in [1.165, 1.54) is 6.07 Å². The molecule has 4 heteroatoms. The van der Waals surface area contributed by atoms with Crippen LogP contribution in [0.4, 0.5) is 4.39 Å². The number of Topliss-reactive ketones (excluding diaryl/α,β-unsaturated/α-hetero) is 1. The first-order valence-electron chi connectivity index (χ1n) is 6.80. The summed E-state index contributed by atoms with van der Waals surface area (Å²) in [5.41, 5.74) is 0.448. The minimum absolute atomic E-state index is 0.0362. The molecule has 0 saturated carbocycles. The van der Waals surface area contributed by atoms with E-state index in [1.807, 2.05) is 0 Å². The quantitative estimate of drug-likeness (QED) is 0.816. The Kier molecular flexibility index (Phi) is 5.05. The fourth-order valence-electron chi connectivity index (χ4n) is 2.36. The Morgan fingerprint density at radius 3 is 3.00 bits per heavy atom. The molecule has 1 heterocycles. The minimum Gasteiger partial charge on any atom is -0.368 e. The standard InChI is InChI=1S/C15H20FNO2/c1-2-7-17-8-9-19-15(11-17)14(18)10-12-5-3-4-6-13(12)16/h3-6,15H,2,7-11H2,1H3. The second-order valence-corrected chi connectivity index (χ2v) is 4.89. The molecule has 1 aliphatic rings. The average Bonchev–Trinajstić information content (AvgIpc) is 2.42. The molecule has 19 heavy (non-hydrogen) atoms. The van der Waals surface area contributed by atoms with E-state index in [4.69, 9.17) is 4.74 Å². The molecule has 2 rings (SSSR count). The molecular weight excluding hydrogens is 245 g/mol. The number of halogens is 1. The van der Waals surface area contributed by atoms with E-state index in [0.717, 1.165) is 19.5 Å². The monoisotopic (exact) mass is 265 g/mol. The zero-order valence-electron chi connectivity index (χ0n) is 11.3. The number of ketones is 1. The molecule has 0 bridgehead atoms. The van der Waals surface area contributed by atoms with Crippen molar-refractivity contribution < 1.29 is 13.9 Å². The smallest absolute Gasteiger partial charge is 0.167 e. The summed E-state index contributed by atoms with van der Waals surface area (Å²) in [7, 11) is 0. The summed E-state index contributed by atoms with van der Waals surface area (Å²) in [6.07, 6.45) is 0.755. The van der Waals surface area contributed by atoms with Gasteiger partial charge in [0.2, 0.25) is 0 Å². The van der Waals surface area contributed by atoms with E-state index >= 15 is 0 Å². The van der Waals surface area contributed by atoms with Crippen molar-refractivity contribution in [3.8, 4) is 0 Å². The number of hydrogen-bond donors (Lipinski definition) is 0. The number of benzene rings is 1. The van der Waals surface area contributed by atoms with Gasteiger partial charge in [-0.25, -0.2) is 4.39 Å². The molecular formula is C15H20FNO2. The highest BCUT2D eigenvalue weighted by atomic mass is 19.1. The van der Waals surface area contributed by atoms with Crippen molar-refractivity contribution in [1.82, 2.24) is 4.90 Å². The van der Waals surface area contributed by atoms with E-state index < -0.39 is 6.10 Å². The molecule has 1 aromatic carbocycles. The molecule has 1 atom stereocenters. The maximum Gasteiger partial charge on any atom is 0.167 e. The van der Waals surface area contributed by atoms with Crippen LogP contribution in [0.3, 0.4) is 0 Å². The summed E-state index contributed by atoms with van der Waals surface area (Å²) in [6.45, 7) is 5.17. The number of hydrogen-bond acceptors (Lipinski definition) is 3. The second-order valence-electron chi connectivity index (χ2n) is 4.89. The van der Waals surface area contributed by atoms with Crippen molar-refractivity contribution in [3.05, 3.63) is 35.6 Å². The van der Waals surface area contributed by atoms with Gasteiger partial charge >= 0.3 is 0 Å². The summed E-state index contributed by atoms with van der Waals surface area (Å²) >= 11 is 0. The molecule has 1 unspecified atom stereocenters. The van der Waals surface area contributed by atoms with Gasteiger partial charge in [-0.05, 0) is 24.6 Å². The SMILES string of the molecule is CCCN1CCOC(C(=O)Cc2ccccc2F)C1. The minimum atomic E-state index is -0.417. The van der Waals surface area contributed by atoms with Crippen molar-refractivity contribution in [2.75, 3.05) is 26.2 Å².